The van der Waals surface area contributed by atoms with Crippen LogP contribution in [0.4, 0.5) is 0 Å². The first-order chi connectivity index (χ1) is 9.20. The lowest BCUT2D eigenvalue weighted by Crippen LogP contribution is -2.08. The Morgan fingerprint density at radius 3 is 3.00 bits per heavy atom. The molecule has 1 aliphatic rings. The Balaban J connectivity index is 1.97. The summed E-state index contributed by atoms with van der Waals surface area (Å²) in [4.78, 5) is 23.7. The van der Waals surface area contributed by atoms with Gasteiger partial charge >= 0.3 is 5.97 Å². The molecule has 2 heterocycles. The zero-order valence-electron chi connectivity index (χ0n) is 10.8. The number of carbonyl (C=O) groups is 2. The molecule has 1 aromatic heterocycles. The van der Waals surface area contributed by atoms with Gasteiger partial charge in [-0.3, -0.25) is 14.2 Å². The van der Waals surface area contributed by atoms with E-state index in [0.29, 0.717) is 13.0 Å². The molecule has 0 bridgehead atoms. The van der Waals surface area contributed by atoms with Crippen LogP contribution in [0.5, 0.6) is 0 Å². The second kappa shape index (κ2) is 4.53. The molecule has 1 unspecified atom stereocenters. The van der Waals surface area contributed by atoms with Crippen LogP contribution in [-0.2, 0) is 9.53 Å². The minimum Gasteiger partial charge on any atom is -0.466 e. The van der Waals surface area contributed by atoms with Crippen molar-refractivity contribution in [2.75, 3.05) is 6.61 Å². The van der Waals surface area contributed by atoms with Crippen molar-refractivity contribution in [3.8, 4) is 0 Å². The molecule has 0 aliphatic carbocycles. The fourth-order valence-electron chi connectivity index (χ4n) is 2.76. The van der Waals surface area contributed by atoms with E-state index in [0.717, 1.165) is 16.6 Å². The number of para-hydroxylation sites is 1. The molecule has 0 fully saturated rings. The lowest BCUT2D eigenvalue weighted by molar-refractivity contribution is -0.143. The van der Waals surface area contributed by atoms with E-state index in [1.54, 1.807) is 11.5 Å². The number of esters is 1. The van der Waals surface area contributed by atoms with Crippen molar-refractivity contribution in [1.29, 1.82) is 0 Å². The first-order valence-corrected chi connectivity index (χ1v) is 6.50. The number of rotatable bonds is 3. The number of aromatic nitrogens is 1. The van der Waals surface area contributed by atoms with E-state index < -0.39 is 0 Å². The molecule has 1 atom stereocenters. The van der Waals surface area contributed by atoms with Crippen LogP contribution in [0.15, 0.2) is 30.3 Å². The summed E-state index contributed by atoms with van der Waals surface area (Å²) < 4.78 is 6.70. The van der Waals surface area contributed by atoms with Crippen LogP contribution in [0, 0.1) is 0 Å². The van der Waals surface area contributed by atoms with Gasteiger partial charge in [0.15, 0.2) is 0 Å². The molecule has 19 heavy (non-hydrogen) atoms. The largest absolute Gasteiger partial charge is 0.466 e. The maximum Gasteiger partial charge on any atom is 0.306 e. The van der Waals surface area contributed by atoms with E-state index in [1.807, 2.05) is 30.3 Å². The van der Waals surface area contributed by atoms with Gasteiger partial charge in [-0.15, -0.1) is 0 Å². The van der Waals surface area contributed by atoms with Gasteiger partial charge in [0, 0.05) is 23.4 Å². The van der Waals surface area contributed by atoms with E-state index in [-0.39, 0.29) is 24.2 Å². The average Bonchev–Trinajstić information content (AvgIpc) is 2.89. The molecule has 98 valence electrons. The number of hydrogen-bond acceptors (Lipinski definition) is 3. The second-order valence-corrected chi connectivity index (χ2v) is 4.77. The van der Waals surface area contributed by atoms with Crippen molar-refractivity contribution in [3.63, 3.8) is 0 Å². The van der Waals surface area contributed by atoms with Crippen molar-refractivity contribution in [2.24, 2.45) is 0 Å². The fraction of sp³-hybridized carbons (Fsp3) is 0.333. The number of nitrogens with zero attached hydrogens (tertiary/aromatic N) is 1. The maximum atomic E-state index is 12.1. The Kier molecular flexibility index (Phi) is 2.85. The summed E-state index contributed by atoms with van der Waals surface area (Å²) in [5.74, 6) is -0.233. The highest BCUT2D eigenvalue weighted by atomic mass is 16.5. The zero-order valence-corrected chi connectivity index (χ0v) is 10.8. The van der Waals surface area contributed by atoms with Crippen molar-refractivity contribution in [3.05, 3.63) is 36.0 Å². The molecule has 3 rings (SSSR count). The topological polar surface area (TPSA) is 48.3 Å². The minimum atomic E-state index is -0.237. The highest BCUT2D eigenvalue weighted by molar-refractivity contribution is 5.97. The Morgan fingerprint density at radius 1 is 1.42 bits per heavy atom. The van der Waals surface area contributed by atoms with Gasteiger partial charge in [-0.05, 0) is 19.1 Å². The van der Waals surface area contributed by atoms with E-state index in [4.69, 9.17) is 4.74 Å². The molecule has 4 heteroatoms. The molecule has 0 spiro atoms. The summed E-state index contributed by atoms with van der Waals surface area (Å²) >= 11 is 0. The monoisotopic (exact) mass is 257 g/mol. The standard InChI is InChI=1S/C15H15NO3/c1-2-19-15(18)9-11-8-14(17)16-12-6-4-3-5-10(12)7-13(11)16/h3-7,11H,2,8-9H2,1H3. The molecule has 1 aromatic carbocycles. The van der Waals surface area contributed by atoms with Gasteiger partial charge in [0.05, 0.1) is 18.5 Å². The van der Waals surface area contributed by atoms with Crippen molar-refractivity contribution >= 4 is 22.8 Å². The zero-order chi connectivity index (χ0) is 13.4. The van der Waals surface area contributed by atoms with Crippen LogP contribution in [0.2, 0.25) is 0 Å². The molecule has 2 aromatic rings. The number of benzene rings is 1. The molecule has 0 saturated carbocycles. The first kappa shape index (κ1) is 12.0. The fourth-order valence-corrected chi connectivity index (χ4v) is 2.76. The number of hydrogen-bond donors (Lipinski definition) is 0. The van der Waals surface area contributed by atoms with Crippen LogP contribution >= 0.6 is 0 Å². The van der Waals surface area contributed by atoms with Crippen LogP contribution in [0.1, 0.15) is 36.2 Å². The molecule has 0 radical (unpaired) electrons. The molecule has 0 amide bonds. The minimum absolute atomic E-state index is 0.0565. The maximum absolute atomic E-state index is 12.1. The molecular weight excluding hydrogens is 242 g/mol. The van der Waals surface area contributed by atoms with Crippen molar-refractivity contribution < 1.29 is 14.3 Å². The smallest absolute Gasteiger partial charge is 0.306 e. The van der Waals surface area contributed by atoms with E-state index >= 15 is 0 Å². The molecule has 0 N–H and O–H groups in total. The van der Waals surface area contributed by atoms with Crippen molar-refractivity contribution in [1.82, 2.24) is 4.57 Å². The SMILES string of the molecule is CCOC(=O)CC1CC(=O)n2c1cc1ccccc12. The predicted octanol–water partition coefficient (Wildman–Crippen LogP) is 2.72. The summed E-state index contributed by atoms with van der Waals surface area (Å²) in [7, 11) is 0. The predicted molar refractivity (Wildman–Crippen MR) is 71.2 cm³/mol. The lowest BCUT2D eigenvalue weighted by Gasteiger charge is -2.07. The summed E-state index contributed by atoms with van der Waals surface area (Å²) in [6.45, 7) is 2.16. The molecule has 0 saturated heterocycles. The highest BCUT2D eigenvalue weighted by Gasteiger charge is 2.32. The molecule has 1 aliphatic heterocycles. The van der Waals surface area contributed by atoms with Gasteiger partial charge in [0.2, 0.25) is 5.91 Å². The van der Waals surface area contributed by atoms with Gasteiger partial charge in [0.25, 0.3) is 0 Å². The summed E-state index contributed by atoms with van der Waals surface area (Å²) in [5.41, 5.74) is 1.85. The second-order valence-electron chi connectivity index (χ2n) is 4.77. The van der Waals surface area contributed by atoms with Gasteiger partial charge in [0.1, 0.15) is 0 Å². The normalized spacial score (nSPS) is 17.7. The van der Waals surface area contributed by atoms with E-state index in [9.17, 15) is 9.59 Å². The third-order valence-electron chi connectivity index (χ3n) is 3.55. The highest BCUT2D eigenvalue weighted by Crippen LogP contribution is 2.36. The molecule has 4 nitrogen and oxygen atoms in total. The number of fused-ring (bicyclic) bond motifs is 3. The third kappa shape index (κ3) is 1.93. The first-order valence-electron chi connectivity index (χ1n) is 6.50. The van der Waals surface area contributed by atoms with Gasteiger partial charge in [-0.25, -0.2) is 0 Å². The third-order valence-corrected chi connectivity index (χ3v) is 3.55. The summed E-state index contributed by atoms with van der Waals surface area (Å²) in [6, 6.07) is 9.79. The van der Waals surface area contributed by atoms with Gasteiger partial charge in [-0.1, -0.05) is 18.2 Å². The molecular formula is C15H15NO3. The Labute approximate surface area is 111 Å². The Bertz CT molecular complexity index is 656. The number of carbonyl (C=O) groups excluding carboxylic acids is 2. The summed E-state index contributed by atoms with van der Waals surface area (Å²) in [5, 5.41) is 1.04. The van der Waals surface area contributed by atoms with Crippen LogP contribution in [0.25, 0.3) is 10.9 Å². The Hall–Kier alpha value is -2.10. The van der Waals surface area contributed by atoms with Crippen LogP contribution in [0.3, 0.4) is 0 Å². The van der Waals surface area contributed by atoms with Gasteiger partial charge in [-0.2, -0.15) is 0 Å². The van der Waals surface area contributed by atoms with E-state index in [1.165, 1.54) is 0 Å². The van der Waals surface area contributed by atoms with E-state index in [2.05, 4.69) is 0 Å². The van der Waals surface area contributed by atoms with Gasteiger partial charge < -0.3 is 4.74 Å². The lowest BCUT2D eigenvalue weighted by atomic mass is 10.00. The van der Waals surface area contributed by atoms with Crippen LogP contribution in [-0.4, -0.2) is 23.1 Å². The van der Waals surface area contributed by atoms with Crippen molar-refractivity contribution in [2.45, 2.75) is 25.7 Å². The number of ether oxygens (including phenoxy) is 1. The van der Waals surface area contributed by atoms with Crippen LogP contribution < -0.4 is 0 Å². The average molecular weight is 257 g/mol. The quantitative estimate of drug-likeness (QED) is 0.794. The Morgan fingerprint density at radius 2 is 2.21 bits per heavy atom. The summed E-state index contributed by atoms with van der Waals surface area (Å²) in [6.07, 6.45) is 0.662.